The van der Waals surface area contributed by atoms with Gasteiger partial charge in [0.15, 0.2) is 0 Å². The standard InChI is InChI=1S/C7H13N3S/c1-5(8)7-10-6(3-9-2)4-11-7/h4-5,9H,3,8H2,1-2H3. The van der Waals surface area contributed by atoms with Crippen LogP contribution in [0.4, 0.5) is 0 Å². The van der Waals surface area contributed by atoms with Crippen LogP contribution in [0.5, 0.6) is 0 Å². The van der Waals surface area contributed by atoms with Gasteiger partial charge in [-0.05, 0) is 14.0 Å². The lowest BCUT2D eigenvalue weighted by atomic mass is 10.4. The van der Waals surface area contributed by atoms with Crippen LogP contribution < -0.4 is 11.1 Å². The lowest BCUT2D eigenvalue weighted by Crippen LogP contribution is -2.07. The fourth-order valence-corrected chi connectivity index (χ4v) is 1.57. The Balaban J connectivity index is 2.66. The molecule has 1 atom stereocenters. The van der Waals surface area contributed by atoms with E-state index in [1.807, 2.05) is 19.4 Å². The summed E-state index contributed by atoms with van der Waals surface area (Å²) in [6.07, 6.45) is 0. The first-order valence-electron chi connectivity index (χ1n) is 3.58. The zero-order chi connectivity index (χ0) is 8.27. The average Bonchev–Trinajstić information content (AvgIpc) is 2.37. The molecular formula is C7H13N3S. The van der Waals surface area contributed by atoms with E-state index in [0.29, 0.717) is 0 Å². The minimum Gasteiger partial charge on any atom is -0.322 e. The van der Waals surface area contributed by atoms with Crippen LogP contribution in [0.3, 0.4) is 0 Å². The van der Waals surface area contributed by atoms with Gasteiger partial charge in [-0.2, -0.15) is 0 Å². The van der Waals surface area contributed by atoms with Crippen molar-refractivity contribution in [2.45, 2.75) is 19.5 Å². The fraction of sp³-hybridized carbons (Fsp3) is 0.571. The van der Waals surface area contributed by atoms with Crippen molar-refractivity contribution in [3.8, 4) is 0 Å². The lowest BCUT2D eigenvalue weighted by molar-refractivity contribution is 0.763. The summed E-state index contributed by atoms with van der Waals surface area (Å²) < 4.78 is 0. The first kappa shape index (κ1) is 8.64. The molecule has 0 radical (unpaired) electrons. The molecule has 3 N–H and O–H groups in total. The number of nitrogens with one attached hydrogen (secondary N) is 1. The number of rotatable bonds is 3. The highest BCUT2D eigenvalue weighted by molar-refractivity contribution is 7.09. The number of hydrogen-bond donors (Lipinski definition) is 2. The lowest BCUT2D eigenvalue weighted by Gasteiger charge is -1.96. The van der Waals surface area contributed by atoms with E-state index < -0.39 is 0 Å². The summed E-state index contributed by atoms with van der Waals surface area (Å²) in [4.78, 5) is 4.33. The van der Waals surface area contributed by atoms with Crippen LogP contribution in [0.15, 0.2) is 5.38 Å². The predicted octanol–water partition coefficient (Wildman–Crippen LogP) is 0.882. The smallest absolute Gasteiger partial charge is 0.109 e. The van der Waals surface area contributed by atoms with Gasteiger partial charge in [0.1, 0.15) is 5.01 Å². The van der Waals surface area contributed by atoms with Crippen LogP contribution in [-0.2, 0) is 6.54 Å². The van der Waals surface area contributed by atoms with Crippen LogP contribution in [0.2, 0.25) is 0 Å². The number of hydrogen-bond acceptors (Lipinski definition) is 4. The van der Waals surface area contributed by atoms with E-state index in [-0.39, 0.29) is 6.04 Å². The van der Waals surface area contributed by atoms with Crippen molar-refractivity contribution in [1.29, 1.82) is 0 Å². The van der Waals surface area contributed by atoms with Crippen LogP contribution in [-0.4, -0.2) is 12.0 Å². The summed E-state index contributed by atoms with van der Waals surface area (Å²) in [6, 6.07) is 0.0607. The summed E-state index contributed by atoms with van der Waals surface area (Å²) in [7, 11) is 1.91. The Bertz CT molecular complexity index is 219. The Kier molecular flexibility index (Phi) is 2.99. The van der Waals surface area contributed by atoms with E-state index in [4.69, 9.17) is 5.73 Å². The van der Waals surface area contributed by atoms with Gasteiger partial charge in [0.2, 0.25) is 0 Å². The first-order chi connectivity index (χ1) is 5.24. The van der Waals surface area contributed by atoms with E-state index in [9.17, 15) is 0 Å². The SMILES string of the molecule is CNCc1csc(C(C)N)n1. The normalized spacial score (nSPS) is 13.4. The average molecular weight is 171 g/mol. The zero-order valence-corrected chi connectivity index (χ0v) is 7.61. The minimum absolute atomic E-state index is 0.0607. The maximum absolute atomic E-state index is 5.65. The largest absolute Gasteiger partial charge is 0.322 e. The van der Waals surface area contributed by atoms with Crippen molar-refractivity contribution in [2.75, 3.05) is 7.05 Å². The van der Waals surface area contributed by atoms with Crippen LogP contribution in [0.25, 0.3) is 0 Å². The number of aromatic nitrogens is 1. The summed E-state index contributed by atoms with van der Waals surface area (Å²) in [5.41, 5.74) is 6.72. The van der Waals surface area contributed by atoms with Gasteiger partial charge in [-0.25, -0.2) is 4.98 Å². The molecule has 1 rings (SSSR count). The second-order valence-corrected chi connectivity index (χ2v) is 3.39. The Morgan fingerprint density at radius 2 is 2.55 bits per heavy atom. The molecule has 0 fully saturated rings. The molecule has 0 saturated heterocycles. The molecule has 1 aromatic rings. The van der Waals surface area contributed by atoms with Crippen molar-refractivity contribution in [1.82, 2.24) is 10.3 Å². The molecule has 0 aromatic carbocycles. The van der Waals surface area contributed by atoms with Gasteiger partial charge in [-0.15, -0.1) is 11.3 Å². The Morgan fingerprint density at radius 1 is 1.82 bits per heavy atom. The van der Waals surface area contributed by atoms with Crippen molar-refractivity contribution < 1.29 is 0 Å². The quantitative estimate of drug-likeness (QED) is 0.710. The second-order valence-electron chi connectivity index (χ2n) is 2.50. The van der Waals surface area contributed by atoms with Gasteiger partial charge in [0, 0.05) is 11.9 Å². The first-order valence-corrected chi connectivity index (χ1v) is 4.46. The third-order valence-corrected chi connectivity index (χ3v) is 2.41. The third kappa shape index (κ3) is 2.25. The topological polar surface area (TPSA) is 50.9 Å². The molecule has 0 amide bonds. The van der Waals surface area contributed by atoms with Gasteiger partial charge in [-0.3, -0.25) is 0 Å². The molecule has 11 heavy (non-hydrogen) atoms. The molecule has 0 aliphatic heterocycles. The van der Waals surface area contributed by atoms with E-state index in [0.717, 1.165) is 17.2 Å². The van der Waals surface area contributed by atoms with Gasteiger partial charge in [0.25, 0.3) is 0 Å². The number of thiazole rings is 1. The highest BCUT2D eigenvalue weighted by atomic mass is 32.1. The number of nitrogens with zero attached hydrogens (tertiary/aromatic N) is 1. The molecule has 62 valence electrons. The van der Waals surface area contributed by atoms with E-state index in [2.05, 4.69) is 10.3 Å². The highest BCUT2D eigenvalue weighted by Gasteiger charge is 2.04. The van der Waals surface area contributed by atoms with E-state index in [1.54, 1.807) is 11.3 Å². The van der Waals surface area contributed by atoms with Gasteiger partial charge in [-0.1, -0.05) is 0 Å². The third-order valence-electron chi connectivity index (χ3n) is 1.32. The zero-order valence-electron chi connectivity index (χ0n) is 6.79. The summed E-state index contributed by atoms with van der Waals surface area (Å²) in [6.45, 7) is 2.77. The van der Waals surface area contributed by atoms with E-state index >= 15 is 0 Å². The Hall–Kier alpha value is -0.450. The molecule has 1 unspecified atom stereocenters. The second kappa shape index (κ2) is 3.80. The molecule has 0 aliphatic carbocycles. The fourth-order valence-electron chi connectivity index (χ4n) is 0.794. The van der Waals surface area contributed by atoms with Crippen molar-refractivity contribution in [3.05, 3.63) is 16.1 Å². The molecule has 1 aromatic heterocycles. The molecular weight excluding hydrogens is 158 g/mol. The minimum atomic E-state index is 0.0607. The number of nitrogens with two attached hydrogens (primary N) is 1. The maximum atomic E-state index is 5.65. The monoisotopic (exact) mass is 171 g/mol. The highest BCUT2D eigenvalue weighted by Crippen LogP contribution is 2.15. The van der Waals surface area contributed by atoms with Crippen LogP contribution in [0.1, 0.15) is 23.7 Å². The van der Waals surface area contributed by atoms with Crippen molar-refractivity contribution in [2.24, 2.45) is 5.73 Å². The predicted molar refractivity (Wildman–Crippen MR) is 47.5 cm³/mol. The molecule has 0 saturated carbocycles. The van der Waals surface area contributed by atoms with Crippen LogP contribution in [0, 0.1) is 0 Å². The molecule has 0 spiro atoms. The van der Waals surface area contributed by atoms with Crippen molar-refractivity contribution >= 4 is 11.3 Å². The Labute approximate surface area is 70.6 Å². The van der Waals surface area contributed by atoms with Crippen molar-refractivity contribution in [3.63, 3.8) is 0 Å². The molecule has 4 heteroatoms. The molecule has 1 heterocycles. The van der Waals surface area contributed by atoms with Crippen LogP contribution >= 0.6 is 11.3 Å². The molecule has 0 aliphatic rings. The Morgan fingerprint density at radius 3 is 3.00 bits per heavy atom. The maximum Gasteiger partial charge on any atom is 0.109 e. The molecule has 3 nitrogen and oxygen atoms in total. The van der Waals surface area contributed by atoms with Gasteiger partial charge >= 0.3 is 0 Å². The molecule has 0 bridgehead atoms. The van der Waals surface area contributed by atoms with E-state index in [1.165, 1.54) is 0 Å². The van der Waals surface area contributed by atoms with Gasteiger partial charge < -0.3 is 11.1 Å². The summed E-state index contributed by atoms with van der Waals surface area (Å²) in [5, 5.41) is 6.09. The summed E-state index contributed by atoms with van der Waals surface area (Å²) >= 11 is 1.62. The summed E-state index contributed by atoms with van der Waals surface area (Å²) in [5.74, 6) is 0. The van der Waals surface area contributed by atoms with Gasteiger partial charge in [0.05, 0.1) is 11.7 Å².